The Hall–Kier alpha value is -6.55. The lowest BCUT2D eigenvalue weighted by molar-refractivity contribution is -0.328. The Bertz CT molecular complexity index is 2430. The number of methoxy groups -OCH3 is 1. The Morgan fingerprint density at radius 3 is 1.22 bits per heavy atom. The molecule has 0 unspecified atom stereocenters. The van der Waals surface area contributed by atoms with Crippen molar-refractivity contribution in [2.24, 2.45) is 0 Å². The molecule has 0 aliphatic carbocycles. The molecule has 0 N–H and O–H groups in total. The van der Waals surface area contributed by atoms with Crippen molar-refractivity contribution in [2.45, 2.75) is 75.1 Å². The number of hydrogen-bond donors (Lipinski definition) is 0. The maximum atomic E-state index is 13.8. The number of carbonyl (C=O) groups excluding carboxylic acids is 3. The maximum Gasteiger partial charge on any atom is 0.338 e. The lowest BCUT2D eigenvalue weighted by atomic mass is 9.97. The normalized spacial score (nSPS) is 23.5. The van der Waals surface area contributed by atoms with Crippen molar-refractivity contribution in [3.05, 3.63) is 215 Å². The van der Waals surface area contributed by atoms with E-state index in [1.165, 1.54) is 7.11 Å². The lowest BCUT2D eigenvalue weighted by Crippen LogP contribution is -2.61. The summed E-state index contributed by atoms with van der Waals surface area (Å²) in [6.45, 7) is 0.0201. The van der Waals surface area contributed by atoms with Crippen LogP contribution in [0.1, 0.15) is 47.8 Å². The van der Waals surface area contributed by atoms with E-state index in [0.29, 0.717) is 5.56 Å². The molecule has 0 radical (unpaired) electrons. The highest BCUT2D eigenvalue weighted by Crippen LogP contribution is 2.34. The van der Waals surface area contributed by atoms with Crippen LogP contribution in [-0.2, 0) is 67.2 Å². The summed E-state index contributed by atoms with van der Waals surface area (Å²) in [5.74, 6) is -2.08. The summed E-state index contributed by atoms with van der Waals surface area (Å²) < 4.78 is 63.8. The zero-order chi connectivity index (χ0) is 46.2. The monoisotopic (exact) mass is 908 g/mol. The summed E-state index contributed by atoms with van der Waals surface area (Å²) in [6, 6.07) is 54.3. The summed E-state index contributed by atoms with van der Waals surface area (Å²) in [6.07, 6.45) is -9.46. The Balaban J connectivity index is 1.10. The molecular weight excluding hydrogens is 857 g/mol. The van der Waals surface area contributed by atoms with Crippen LogP contribution in [0.5, 0.6) is 0 Å². The summed E-state index contributed by atoms with van der Waals surface area (Å²) in [7, 11) is 1.52. The Morgan fingerprint density at radius 1 is 0.388 bits per heavy atom. The number of ether oxygens (including phenoxy) is 10. The highest BCUT2D eigenvalue weighted by atomic mass is 16.8. The smallest absolute Gasteiger partial charge is 0.338 e. The van der Waals surface area contributed by atoms with E-state index in [2.05, 4.69) is 0 Å². The molecule has 0 spiro atoms. The minimum atomic E-state index is -1.38. The summed E-state index contributed by atoms with van der Waals surface area (Å²) in [4.78, 5) is 40.8. The molecule has 0 amide bonds. The SMILES string of the molecule is CO[C@H]1O[C@H](CO[C@H]2O[C@H](COC(=O)c3ccccc3)[C@H](OC(=O)c3ccccc3)[C@@H]2OC(=O)c2ccccc2)[C@@H](OCc2ccccc2)[C@H](OCc2ccccc2)[C@H]1OCc1ccccc1. The molecule has 0 bridgehead atoms. The molecule has 13 heteroatoms. The molecule has 2 saturated heterocycles. The van der Waals surface area contributed by atoms with E-state index in [-0.39, 0.29) is 44.2 Å². The quantitative estimate of drug-likeness (QED) is 0.0537. The molecule has 346 valence electrons. The predicted octanol–water partition coefficient (Wildman–Crippen LogP) is 8.16. The highest BCUT2D eigenvalue weighted by Gasteiger charge is 2.53. The largest absolute Gasteiger partial charge is 0.459 e. The van der Waals surface area contributed by atoms with E-state index < -0.39 is 73.2 Å². The van der Waals surface area contributed by atoms with Crippen molar-refractivity contribution in [1.29, 1.82) is 0 Å². The van der Waals surface area contributed by atoms with Crippen LogP contribution in [0.25, 0.3) is 0 Å². The van der Waals surface area contributed by atoms with Crippen molar-refractivity contribution < 1.29 is 61.8 Å². The second-order valence-electron chi connectivity index (χ2n) is 15.9. The van der Waals surface area contributed by atoms with Crippen molar-refractivity contribution >= 4 is 17.9 Å². The van der Waals surface area contributed by atoms with Gasteiger partial charge < -0.3 is 47.4 Å². The van der Waals surface area contributed by atoms with Gasteiger partial charge in [-0.1, -0.05) is 146 Å². The number of benzene rings is 6. The van der Waals surface area contributed by atoms with E-state index in [4.69, 9.17) is 47.4 Å². The summed E-state index contributed by atoms with van der Waals surface area (Å²) in [5.41, 5.74) is 3.55. The van der Waals surface area contributed by atoms with Crippen LogP contribution >= 0.6 is 0 Å². The van der Waals surface area contributed by atoms with Gasteiger partial charge in [-0.2, -0.15) is 0 Å². The van der Waals surface area contributed by atoms with Crippen LogP contribution in [-0.4, -0.2) is 93.5 Å². The highest BCUT2D eigenvalue weighted by molar-refractivity contribution is 5.91. The number of hydrogen-bond acceptors (Lipinski definition) is 13. The van der Waals surface area contributed by atoms with E-state index >= 15 is 0 Å². The molecule has 2 heterocycles. The first kappa shape index (κ1) is 47.0. The minimum absolute atomic E-state index is 0.184. The van der Waals surface area contributed by atoms with Crippen molar-refractivity contribution in [3.8, 4) is 0 Å². The topological polar surface area (TPSA) is 144 Å². The Morgan fingerprint density at radius 2 is 0.761 bits per heavy atom. The van der Waals surface area contributed by atoms with Gasteiger partial charge in [0, 0.05) is 7.11 Å². The molecule has 0 aromatic heterocycles. The molecule has 6 aromatic rings. The molecule has 67 heavy (non-hydrogen) atoms. The van der Waals surface area contributed by atoms with E-state index in [0.717, 1.165) is 16.7 Å². The van der Waals surface area contributed by atoms with Gasteiger partial charge in [0.05, 0.1) is 43.1 Å². The van der Waals surface area contributed by atoms with Gasteiger partial charge in [0.2, 0.25) is 0 Å². The number of esters is 3. The first-order chi connectivity index (χ1) is 32.9. The van der Waals surface area contributed by atoms with Gasteiger partial charge in [-0.3, -0.25) is 0 Å². The molecule has 8 rings (SSSR count). The Kier molecular flexibility index (Phi) is 16.7. The fourth-order valence-electron chi connectivity index (χ4n) is 7.83. The van der Waals surface area contributed by atoms with Crippen LogP contribution < -0.4 is 0 Å². The molecule has 0 saturated carbocycles. The van der Waals surface area contributed by atoms with Gasteiger partial charge in [-0.25, -0.2) is 14.4 Å². The van der Waals surface area contributed by atoms with Crippen molar-refractivity contribution in [1.82, 2.24) is 0 Å². The van der Waals surface area contributed by atoms with Gasteiger partial charge in [-0.15, -0.1) is 0 Å². The molecule has 2 fully saturated rings. The molecular formula is C54H52O13. The zero-order valence-electron chi connectivity index (χ0n) is 36.9. The second kappa shape index (κ2) is 23.8. The van der Waals surface area contributed by atoms with Crippen molar-refractivity contribution in [3.63, 3.8) is 0 Å². The van der Waals surface area contributed by atoms with Gasteiger partial charge in [0.25, 0.3) is 0 Å². The number of rotatable bonds is 20. The minimum Gasteiger partial charge on any atom is -0.459 e. The molecule has 9 atom stereocenters. The van der Waals surface area contributed by atoms with E-state index in [1.54, 1.807) is 91.0 Å². The first-order valence-corrected chi connectivity index (χ1v) is 22.1. The van der Waals surface area contributed by atoms with Crippen LogP contribution in [0.15, 0.2) is 182 Å². The standard InChI is InChI=1S/C54H52O13/c1-58-53-48(61-34-39-24-12-4-13-25-39)47(60-33-38-22-10-3-11-23-38)45(59-32-37-20-8-2-9-21-37)43(64-53)36-63-54-49(67-52(57)42-30-18-7-19-31-42)46(66-51(56)41-28-16-6-17-29-41)44(65-54)35-62-50(55)40-26-14-5-15-27-40/h2-31,43-49,53-54H,32-36H2,1H3/t43-,44-,45-,46+,47+,48-,49+,53+,54+/m1/s1. The van der Waals surface area contributed by atoms with Gasteiger partial charge in [0.15, 0.2) is 24.8 Å². The van der Waals surface area contributed by atoms with Gasteiger partial charge >= 0.3 is 17.9 Å². The van der Waals surface area contributed by atoms with E-state index in [9.17, 15) is 14.4 Å². The third kappa shape index (κ3) is 12.7. The first-order valence-electron chi connectivity index (χ1n) is 22.1. The molecule has 2 aliphatic heterocycles. The van der Waals surface area contributed by atoms with Gasteiger partial charge in [-0.05, 0) is 53.1 Å². The molecule has 2 aliphatic rings. The fourth-order valence-corrected chi connectivity index (χ4v) is 7.83. The molecule has 6 aromatic carbocycles. The second-order valence-corrected chi connectivity index (χ2v) is 15.9. The number of carbonyl (C=O) groups is 3. The van der Waals surface area contributed by atoms with Crippen LogP contribution in [0.3, 0.4) is 0 Å². The zero-order valence-corrected chi connectivity index (χ0v) is 36.9. The summed E-state index contributed by atoms with van der Waals surface area (Å²) >= 11 is 0. The average Bonchev–Trinajstić information content (AvgIpc) is 3.71. The van der Waals surface area contributed by atoms with Crippen LogP contribution in [0.4, 0.5) is 0 Å². The van der Waals surface area contributed by atoms with Crippen LogP contribution in [0, 0.1) is 0 Å². The average molecular weight is 909 g/mol. The third-order valence-electron chi connectivity index (χ3n) is 11.3. The molecule has 13 nitrogen and oxygen atoms in total. The fraction of sp³-hybridized carbons (Fsp3) is 0.278. The van der Waals surface area contributed by atoms with Crippen molar-refractivity contribution in [2.75, 3.05) is 20.3 Å². The van der Waals surface area contributed by atoms with Gasteiger partial charge in [0.1, 0.15) is 37.1 Å². The third-order valence-corrected chi connectivity index (χ3v) is 11.3. The van der Waals surface area contributed by atoms with E-state index in [1.807, 2.05) is 91.0 Å². The maximum absolute atomic E-state index is 13.8. The Labute approximate surface area is 389 Å². The summed E-state index contributed by atoms with van der Waals surface area (Å²) in [5, 5.41) is 0. The lowest BCUT2D eigenvalue weighted by Gasteiger charge is -2.45. The predicted molar refractivity (Wildman–Crippen MR) is 243 cm³/mol. The van der Waals surface area contributed by atoms with Crippen LogP contribution in [0.2, 0.25) is 0 Å².